The van der Waals surface area contributed by atoms with E-state index in [4.69, 9.17) is 9.47 Å². The fourth-order valence-electron chi connectivity index (χ4n) is 6.54. The van der Waals surface area contributed by atoms with Crippen LogP contribution in [0.2, 0.25) is 0 Å². The van der Waals surface area contributed by atoms with Gasteiger partial charge < -0.3 is 14.4 Å². The predicted molar refractivity (Wildman–Crippen MR) is 131 cm³/mol. The molecule has 0 aliphatic carbocycles. The van der Waals surface area contributed by atoms with Gasteiger partial charge in [0, 0.05) is 59.3 Å². The summed E-state index contributed by atoms with van der Waals surface area (Å²) in [4.78, 5) is 41.2. The summed E-state index contributed by atoms with van der Waals surface area (Å²) in [6.07, 6.45) is 6.74. The number of ether oxygens (including phenoxy) is 2. The summed E-state index contributed by atoms with van der Waals surface area (Å²) in [5.41, 5.74) is 3.89. The lowest BCUT2D eigenvalue weighted by Gasteiger charge is -2.38. The van der Waals surface area contributed by atoms with E-state index in [1.165, 1.54) is 11.1 Å². The van der Waals surface area contributed by atoms with Crippen molar-refractivity contribution in [1.29, 1.82) is 0 Å². The molecule has 1 aromatic carbocycles. The Morgan fingerprint density at radius 1 is 1.14 bits per heavy atom. The van der Waals surface area contributed by atoms with E-state index < -0.39 is 6.04 Å². The molecule has 6 heterocycles. The van der Waals surface area contributed by atoms with Gasteiger partial charge >= 0.3 is 0 Å². The number of nitrogens with one attached hydrogen (secondary N) is 1. The van der Waals surface area contributed by atoms with E-state index in [1.54, 1.807) is 4.90 Å². The van der Waals surface area contributed by atoms with Crippen LogP contribution in [0, 0.1) is 5.92 Å². The first kappa shape index (κ1) is 22.9. The fraction of sp³-hybridized carbons (Fsp3) is 0.556. The minimum Gasteiger partial charge on any atom is -0.492 e. The molecular formula is C27H31N5O5. The van der Waals surface area contributed by atoms with Gasteiger partial charge in [-0.05, 0) is 38.4 Å². The summed E-state index contributed by atoms with van der Waals surface area (Å²) >= 11 is 0. The topological polar surface area (TPSA) is 106 Å². The van der Waals surface area contributed by atoms with E-state index in [9.17, 15) is 14.4 Å². The number of hydrogen-bond acceptors (Lipinski definition) is 7. The highest BCUT2D eigenvalue weighted by Gasteiger charge is 2.47. The van der Waals surface area contributed by atoms with E-state index in [1.807, 2.05) is 16.9 Å². The van der Waals surface area contributed by atoms with E-state index in [2.05, 4.69) is 27.6 Å². The molecule has 1 unspecified atom stereocenters. The fourth-order valence-corrected chi connectivity index (χ4v) is 6.54. The maximum absolute atomic E-state index is 13.2. The minimum atomic E-state index is -0.613. The van der Waals surface area contributed by atoms with Gasteiger partial charge in [0.15, 0.2) is 0 Å². The van der Waals surface area contributed by atoms with Crippen molar-refractivity contribution in [1.82, 2.24) is 24.9 Å². The molecule has 7 rings (SSSR count). The van der Waals surface area contributed by atoms with Crippen molar-refractivity contribution >= 4 is 17.7 Å². The zero-order valence-corrected chi connectivity index (χ0v) is 20.8. The molecule has 1 N–H and O–H groups in total. The van der Waals surface area contributed by atoms with Crippen molar-refractivity contribution in [3.63, 3.8) is 0 Å². The van der Waals surface area contributed by atoms with E-state index in [0.29, 0.717) is 31.1 Å². The standard InChI is InChI=1S/C27H31N5O5/c33-23-4-3-22(25(34)29-23)32-13-20-19(26(32)35)1-2-21-24(20)37-16-27(21)5-7-30(8-6-27)10-17-9-28-31(11-17)12-18-14-36-15-18/h1-2,9,11,18,22H,3-8,10,12-16H2,(H,29,33,34). The third kappa shape index (κ3) is 3.85. The van der Waals surface area contributed by atoms with Gasteiger partial charge in [0.05, 0.1) is 32.6 Å². The van der Waals surface area contributed by atoms with E-state index >= 15 is 0 Å². The molecule has 3 amide bonds. The number of amides is 3. The van der Waals surface area contributed by atoms with Crippen molar-refractivity contribution in [2.75, 3.05) is 32.9 Å². The Hall–Kier alpha value is -3.24. The summed E-state index contributed by atoms with van der Waals surface area (Å²) in [7, 11) is 0. The number of benzene rings is 1. The SMILES string of the molecule is O=C1CCC(N2Cc3c(ccc4c3OCC43CCN(Cc4cnn(CC5COC5)c4)CC3)C2=O)C(=O)N1. The lowest BCUT2D eigenvalue weighted by Crippen LogP contribution is -2.52. The molecule has 0 saturated carbocycles. The summed E-state index contributed by atoms with van der Waals surface area (Å²) in [6, 6.07) is 3.36. The molecule has 194 valence electrons. The summed E-state index contributed by atoms with van der Waals surface area (Å²) < 4.78 is 13.6. The monoisotopic (exact) mass is 505 g/mol. The number of nitrogens with zero attached hydrogens (tertiary/aromatic N) is 4. The maximum atomic E-state index is 13.2. The molecule has 37 heavy (non-hydrogen) atoms. The first-order chi connectivity index (χ1) is 18.0. The van der Waals surface area contributed by atoms with Crippen molar-refractivity contribution in [3.8, 4) is 5.75 Å². The smallest absolute Gasteiger partial charge is 0.255 e. The molecule has 0 radical (unpaired) electrons. The second kappa shape index (κ2) is 8.66. The molecule has 5 aliphatic heterocycles. The third-order valence-corrected chi connectivity index (χ3v) is 8.79. The number of aromatic nitrogens is 2. The van der Waals surface area contributed by atoms with Gasteiger partial charge in [-0.1, -0.05) is 6.07 Å². The summed E-state index contributed by atoms with van der Waals surface area (Å²) in [5, 5.41) is 6.90. The van der Waals surface area contributed by atoms with E-state index in [0.717, 1.165) is 63.5 Å². The Balaban J connectivity index is 1.03. The summed E-state index contributed by atoms with van der Waals surface area (Å²) in [5.74, 6) is 0.590. The number of carbonyl (C=O) groups is 3. The van der Waals surface area contributed by atoms with Crippen LogP contribution < -0.4 is 10.1 Å². The molecule has 2 aromatic rings. The molecule has 0 bridgehead atoms. The first-order valence-corrected chi connectivity index (χ1v) is 13.2. The Morgan fingerprint density at radius 2 is 1.97 bits per heavy atom. The molecule has 3 saturated heterocycles. The van der Waals surface area contributed by atoms with Crippen molar-refractivity contribution in [2.45, 2.75) is 56.8 Å². The number of likely N-dealkylation sites (tertiary alicyclic amines) is 1. The molecule has 1 atom stereocenters. The molecule has 1 aromatic heterocycles. The molecular weight excluding hydrogens is 474 g/mol. The van der Waals surface area contributed by atoms with Gasteiger partial charge in [0.1, 0.15) is 11.8 Å². The number of rotatable bonds is 5. The van der Waals surface area contributed by atoms with Crippen LogP contribution in [0.25, 0.3) is 0 Å². The lowest BCUT2D eigenvalue weighted by molar-refractivity contribution is -0.136. The molecule has 1 spiro atoms. The number of fused-ring (bicyclic) bond motifs is 4. The zero-order valence-electron chi connectivity index (χ0n) is 20.8. The van der Waals surface area contributed by atoms with Gasteiger partial charge in [-0.2, -0.15) is 5.10 Å². The average Bonchev–Trinajstić information content (AvgIpc) is 3.55. The average molecular weight is 506 g/mol. The van der Waals surface area contributed by atoms with Gasteiger partial charge in [0.2, 0.25) is 11.8 Å². The Bertz CT molecular complexity index is 1280. The van der Waals surface area contributed by atoms with Gasteiger partial charge in [0.25, 0.3) is 5.91 Å². The normalized spacial score (nSPS) is 25.1. The molecule has 5 aliphatic rings. The number of piperidine rings is 2. The van der Waals surface area contributed by atoms with Crippen LogP contribution in [0.15, 0.2) is 24.5 Å². The van der Waals surface area contributed by atoms with E-state index in [-0.39, 0.29) is 29.6 Å². The zero-order chi connectivity index (χ0) is 25.1. The molecule has 10 nitrogen and oxygen atoms in total. The van der Waals surface area contributed by atoms with Gasteiger partial charge in [-0.25, -0.2) is 0 Å². The van der Waals surface area contributed by atoms with Crippen LogP contribution in [-0.2, 0) is 39.4 Å². The van der Waals surface area contributed by atoms with Crippen LogP contribution >= 0.6 is 0 Å². The third-order valence-electron chi connectivity index (χ3n) is 8.79. The van der Waals surface area contributed by atoms with Gasteiger partial charge in [-0.3, -0.25) is 29.3 Å². The van der Waals surface area contributed by atoms with Crippen molar-refractivity contribution in [2.24, 2.45) is 5.92 Å². The van der Waals surface area contributed by atoms with Crippen LogP contribution in [0.3, 0.4) is 0 Å². The highest BCUT2D eigenvalue weighted by atomic mass is 16.5. The minimum absolute atomic E-state index is 0.0413. The van der Waals surface area contributed by atoms with Crippen LogP contribution in [0.1, 0.15) is 52.7 Å². The van der Waals surface area contributed by atoms with Crippen LogP contribution in [0.4, 0.5) is 0 Å². The summed E-state index contributed by atoms with van der Waals surface area (Å²) in [6.45, 7) is 6.41. The second-order valence-electron chi connectivity index (χ2n) is 11.2. The van der Waals surface area contributed by atoms with Crippen molar-refractivity contribution < 1.29 is 23.9 Å². The maximum Gasteiger partial charge on any atom is 0.255 e. The lowest BCUT2D eigenvalue weighted by atomic mass is 9.74. The quantitative estimate of drug-likeness (QED) is 0.609. The van der Waals surface area contributed by atoms with Crippen LogP contribution in [-0.4, -0.2) is 76.3 Å². The Kier molecular flexibility index (Phi) is 5.37. The number of hydrogen-bond donors (Lipinski definition) is 1. The molecule has 3 fully saturated rings. The Labute approximate surface area is 214 Å². The van der Waals surface area contributed by atoms with Crippen molar-refractivity contribution in [3.05, 3.63) is 46.8 Å². The number of imide groups is 1. The van der Waals surface area contributed by atoms with Gasteiger partial charge in [-0.15, -0.1) is 0 Å². The highest BCUT2D eigenvalue weighted by molar-refractivity contribution is 6.05. The first-order valence-electron chi connectivity index (χ1n) is 13.2. The largest absolute Gasteiger partial charge is 0.492 e. The molecule has 10 heteroatoms. The predicted octanol–water partition coefficient (Wildman–Crippen LogP) is 1.22. The Morgan fingerprint density at radius 3 is 2.73 bits per heavy atom. The highest BCUT2D eigenvalue weighted by Crippen LogP contribution is 2.49. The number of carbonyl (C=O) groups excluding carboxylic acids is 3. The second-order valence-corrected chi connectivity index (χ2v) is 11.2. The van der Waals surface area contributed by atoms with Crippen LogP contribution in [0.5, 0.6) is 5.75 Å².